The van der Waals surface area contributed by atoms with Crippen molar-refractivity contribution in [2.24, 2.45) is 0 Å². The van der Waals surface area contributed by atoms with Crippen LogP contribution in [0.4, 0.5) is 11.8 Å². The Kier molecular flexibility index (Phi) is 4.91. The summed E-state index contributed by atoms with van der Waals surface area (Å²) in [6.07, 6.45) is 8.38. The van der Waals surface area contributed by atoms with Crippen LogP contribution < -0.4 is 10.2 Å². The zero-order valence-electron chi connectivity index (χ0n) is 13.1. The van der Waals surface area contributed by atoms with Crippen molar-refractivity contribution in [1.29, 1.82) is 0 Å². The highest BCUT2D eigenvalue weighted by molar-refractivity contribution is 5.43. The molecule has 0 aromatic carbocycles. The van der Waals surface area contributed by atoms with E-state index in [1.807, 2.05) is 12.3 Å². The zero-order valence-corrected chi connectivity index (χ0v) is 13.1. The Labute approximate surface area is 127 Å². The lowest BCUT2D eigenvalue weighted by atomic mass is 10.1. The van der Waals surface area contributed by atoms with E-state index in [1.54, 1.807) is 0 Å². The van der Waals surface area contributed by atoms with E-state index in [1.165, 1.54) is 38.8 Å². The fourth-order valence-corrected chi connectivity index (χ4v) is 3.38. The van der Waals surface area contributed by atoms with Crippen molar-refractivity contribution in [2.75, 3.05) is 42.9 Å². The van der Waals surface area contributed by atoms with Crippen LogP contribution in [0.2, 0.25) is 0 Å². The highest BCUT2D eigenvalue weighted by Gasteiger charge is 2.29. The van der Waals surface area contributed by atoms with Crippen molar-refractivity contribution in [3.63, 3.8) is 0 Å². The summed E-state index contributed by atoms with van der Waals surface area (Å²) >= 11 is 0. The topological polar surface area (TPSA) is 44.3 Å². The summed E-state index contributed by atoms with van der Waals surface area (Å²) in [7, 11) is 0. The minimum absolute atomic E-state index is 0.715. The summed E-state index contributed by atoms with van der Waals surface area (Å²) in [5.74, 6) is 1.83. The largest absolute Gasteiger partial charge is 0.355 e. The average molecular weight is 289 g/mol. The smallest absolute Gasteiger partial charge is 0.224 e. The van der Waals surface area contributed by atoms with E-state index in [9.17, 15) is 0 Å². The number of rotatable bonds is 5. The summed E-state index contributed by atoms with van der Waals surface area (Å²) in [4.78, 5) is 14.1. The summed E-state index contributed by atoms with van der Waals surface area (Å²) < 4.78 is 0. The van der Waals surface area contributed by atoms with Gasteiger partial charge in [0.2, 0.25) is 5.95 Å². The molecule has 1 aromatic rings. The Morgan fingerprint density at radius 3 is 2.90 bits per heavy atom. The number of nitrogens with zero attached hydrogens (tertiary/aromatic N) is 4. The van der Waals surface area contributed by atoms with Gasteiger partial charge in [0.05, 0.1) is 0 Å². The lowest BCUT2D eigenvalue weighted by Gasteiger charge is -2.32. The molecule has 1 atom stereocenters. The fraction of sp³-hybridized carbons (Fsp3) is 0.750. The van der Waals surface area contributed by atoms with Gasteiger partial charge in [0.1, 0.15) is 5.82 Å². The number of hydrogen-bond acceptors (Lipinski definition) is 5. The molecule has 1 aromatic heterocycles. The third kappa shape index (κ3) is 3.64. The number of hydrogen-bond donors (Lipinski definition) is 1. The Morgan fingerprint density at radius 2 is 2.10 bits per heavy atom. The maximum atomic E-state index is 4.66. The van der Waals surface area contributed by atoms with Crippen LogP contribution in [0, 0.1) is 0 Å². The minimum atomic E-state index is 0.715. The second-order valence-electron chi connectivity index (χ2n) is 6.15. The van der Waals surface area contributed by atoms with Crippen molar-refractivity contribution in [3.05, 3.63) is 12.3 Å². The van der Waals surface area contributed by atoms with Gasteiger partial charge in [-0.2, -0.15) is 4.98 Å². The highest BCUT2D eigenvalue weighted by atomic mass is 15.3. The van der Waals surface area contributed by atoms with Gasteiger partial charge in [-0.15, -0.1) is 0 Å². The molecule has 0 spiro atoms. The van der Waals surface area contributed by atoms with Gasteiger partial charge >= 0.3 is 0 Å². The summed E-state index contributed by atoms with van der Waals surface area (Å²) in [5, 5.41) is 3.27. The van der Waals surface area contributed by atoms with E-state index in [0.717, 1.165) is 37.8 Å². The SMILES string of the molecule is CCCNc1nccc(N2CCC(N3CCCCC3)C2)n1. The van der Waals surface area contributed by atoms with E-state index in [0.29, 0.717) is 6.04 Å². The maximum absolute atomic E-state index is 4.66. The van der Waals surface area contributed by atoms with Gasteiger partial charge in [-0.25, -0.2) is 4.98 Å². The normalized spacial score (nSPS) is 23.5. The van der Waals surface area contributed by atoms with Gasteiger partial charge in [0.15, 0.2) is 0 Å². The first kappa shape index (κ1) is 14.6. The van der Waals surface area contributed by atoms with Gasteiger partial charge in [0.25, 0.3) is 0 Å². The van der Waals surface area contributed by atoms with Gasteiger partial charge in [-0.1, -0.05) is 13.3 Å². The highest BCUT2D eigenvalue weighted by Crippen LogP contribution is 2.24. The summed E-state index contributed by atoms with van der Waals surface area (Å²) in [6.45, 7) is 7.88. The molecule has 2 aliphatic rings. The first-order chi connectivity index (χ1) is 10.4. The summed E-state index contributed by atoms with van der Waals surface area (Å²) in [5.41, 5.74) is 0. The quantitative estimate of drug-likeness (QED) is 0.901. The first-order valence-corrected chi connectivity index (χ1v) is 8.42. The maximum Gasteiger partial charge on any atom is 0.224 e. The lowest BCUT2D eigenvalue weighted by Crippen LogP contribution is -2.41. The predicted octanol–water partition coefficient (Wildman–Crippen LogP) is 2.36. The molecule has 5 nitrogen and oxygen atoms in total. The molecular weight excluding hydrogens is 262 g/mol. The average Bonchev–Trinajstić information content (AvgIpc) is 3.04. The van der Waals surface area contributed by atoms with Crippen LogP contribution in [0.5, 0.6) is 0 Å². The molecule has 1 N–H and O–H groups in total. The third-order valence-corrected chi connectivity index (χ3v) is 4.57. The number of aromatic nitrogens is 2. The molecule has 0 radical (unpaired) electrons. The molecule has 0 saturated carbocycles. The molecule has 1 unspecified atom stereocenters. The Balaban J connectivity index is 1.60. The molecule has 21 heavy (non-hydrogen) atoms. The Hall–Kier alpha value is -1.36. The van der Waals surface area contributed by atoms with Crippen molar-refractivity contribution in [3.8, 4) is 0 Å². The standard InChI is InChI=1S/C16H27N5/c1-2-8-17-16-18-9-6-15(19-16)21-12-7-14(13-21)20-10-4-3-5-11-20/h6,9,14H,2-5,7-8,10-13H2,1H3,(H,17,18,19). The van der Waals surface area contributed by atoms with Crippen LogP contribution in [0.15, 0.2) is 12.3 Å². The van der Waals surface area contributed by atoms with Crippen LogP contribution in [0.1, 0.15) is 39.0 Å². The van der Waals surface area contributed by atoms with Crippen LogP contribution in [-0.2, 0) is 0 Å². The molecule has 2 aliphatic heterocycles. The van der Waals surface area contributed by atoms with Crippen LogP contribution in [0.3, 0.4) is 0 Å². The number of piperidine rings is 1. The minimum Gasteiger partial charge on any atom is -0.355 e. The predicted molar refractivity (Wildman–Crippen MR) is 86.9 cm³/mol. The van der Waals surface area contributed by atoms with Crippen LogP contribution >= 0.6 is 0 Å². The molecule has 0 amide bonds. The number of likely N-dealkylation sites (tertiary alicyclic amines) is 1. The monoisotopic (exact) mass is 289 g/mol. The molecule has 2 fully saturated rings. The second-order valence-corrected chi connectivity index (χ2v) is 6.15. The Bertz CT molecular complexity index is 444. The molecule has 0 aliphatic carbocycles. The van der Waals surface area contributed by atoms with Gasteiger partial charge < -0.3 is 10.2 Å². The van der Waals surface area contributed by atoms with E-state index in [4.69, 9.17) is 0 Å². The molecule has 116 valence electrons. The van der Waals surface area contributed by atoms with Crippen molar-refractivity contribution < 1.29 is 0 Å². The van der Waals surface area contributed by atoms with Crippen molar-refractivity contribution in [1.82, 2.24) is 14.9 Å². The molecule has 5 heteroatoms. The van der Waals surface area contributed by atoms with E-state index < -0.39 is 0 Å². The lowest BCUT2D eigenvalue weighted by molar-refractivity contribution is 0.175. The molecule has 3 rings (SSSR count). The van der Waals surface area contributed by atoms with E-state index >= 15 is 0 Å². The Morgan fingerprint density at radius 1 is 1.24 bits per heavy atom. The molecular formula is C16H27N5. The molecule has 2 saturated heterocycles. The third-order valence-electron chi connectivity index (χ3n) is 4.57. The van der Waals surface area contributed by atoms with Crippen LogP contribution in [-0.4, -0.2) is 53.6 Å². The fourth-order valence-electron chi connectivity index (χ4n) is 3.38. The number of anilines is 2. The van der Waals surface area contributed by atoms with Crippen LogP contribution in [0.25, 0.3) is 0 Å². The zero-order chi connectivity index (χ0) is 14.5. The van der Waals surface area contributed by atoms with E-state index in [-0.39, 0.29) is 0 Å². The second kappa shape index (κ2) is 7.07. The summed E-state index contributed by atoms with van der Waals surface area (Å²) in [6, 6.07) is 2.75. The van der Waals surface area contributed by atoms with Crippen molar-refractivity contribution >= 4 is 11.8 Å². The number of nitrogens with one attached hydrogen (secondary N) is 1. The first-order valence-electron chi connectivity index (χ1n) is 8.42. The van der Waals surface area contributed by atoms with Gasteiger partial charge in [-0.3, -0.25) is 4.90 Å². The molecule has 0 bridgehead atoms. The van der Waals surface area contributed by atoms with Gasteiger partial charge in [0, 0.05) is 31.9 Å². The van der Waals surface area contributed by atoms with Gasteiger partial charge in [-0.05, 0) is 44.8 Å². The molecule has 3 heterocycles. The van der Waals surface area contributed by atoms with Crippen molar-refractivity contribution in [2.45, 2.75) is 45.1 Å². The van der Waals surface area contributed by atoms with E-state index in [2.05, 4.69) is 32.0 Å².